The van der Waals surface area contributed by atoms with Gasteiger partial charge >= 0.3 is 0 Å². The largest absolute Gasteiger partial charge is 0.376 e. The fourth-order valence-electron chi connectivity index (χ4n) is 1.73. The molecule has 2 aromatic carbocycles. The lowest BCUT2D eigenvalue weighted by molar-refractivity contribution is -0.384. The van der Waals surface area contributed by atoms with Crippen LogP contribution in [0.15, 0.2) is 36.4 Å². The molecule has 6 nitrogen and oxygen atoms in total. The molecule has 0 aliphatic carbocycles. The third kappa shape index (κ3) is 4.36. The van der Waals surface area contributed by atoms with E-state index in [2.05, 4.69) is 10.6 Å². The first-order valence-electron chi connectivity index (χ1n) is 6.29. The number of nitrogens with one attached hydrogen (secondary N) is 2. The van der Waals surface area contributed by atoms with E-state index in [1.165, 1.54) is 18.2 Å². The van der Waals surface area contributed by atoms with E-state index in [0.29, 0.717) is 11.8 Å². The smallest absolute Gasteiger partial charge is 0.289 e. The third-order valence-corrected chi connectivity index (χ3v) is 3.12. The molecule has 1 amide bonds. The van der Waals surface area contributed by atoms with Crippen LogP contribution in [0.25, 0.3) is 0 Å². The van der Waals surface area contributed by atoms with Gasteiger partial charge in [-0.3, -0.25) is 14.9 Å². The number of hydrogen-bond acceptors (Lipinski definition) is 4. The van der Waals surface area contributed by atoms with Crippen molar-refractivity contribution >= 4 is 34.6 Å². The Bertz CT molecular complexity index is 771. The van der Waals surface area contributed by atoms with Crippen LogP contribution in [0.1, 0.15) is 0 Å². The van der Waals surface area contributed by atoms with Gasteiger partial charge in [-0.05, 0) is 24.3 Å². The number of rotatable bonds is 5. The average Bonchev–Trinajstić information content (AvgIpc) is 2.49. The Hall–Kier alpha value is -2.74. The predicted octanol–water partition coefficient (Wildman–Crippen LogP) is 3.58. The van der Waals surface area contributed by atoms with Crippen LogP contribution in [0.4, 0.5) is 25.8 Å². The number of halogens is 3. The lowest BCUT2D eigenvalue weighted by Crippen LogP contribution is -2.22. The van der Waals surface area contributed by atoms with Crippen LogP contribution >= 0.6 is 11.6 Å². The van der Waals surface area contributed by atoms with Gasteiger partial charge in [-0.15, -0.1) is 0 Å². The zero-order valence-corrected chi connectivity index (χ0v) is 12.2. The van der Waals surface area contributed by atoms with Crippen molar-refractivity contribution in [2.45, 2.75) is 0 Å². The van der Waals surface area contributed by atoms with Crippen molar-refractivity contribution in [3.63, 3.8) is 0 Å². The van der Waals surface area contributed by atoms with Crippen LogP contribution < -0.4 is 10.6 Å². The molecule has 0 saturated carbocycles. The van der Waals surface area contributed by atoms with Crippen molar-refractivity contribution in [2.24, 2.45) is 0 Å². The van der Waals surface area contributed by atoms with E-state index in [0.717, 1.165) is 12.1 Å². The highest BCUT2D eigenvalue weighted by Gasteiger charge is 2.13. The first-order valence-corrected chi connectivity index (χ1v) is 6.67. The van der Waals surface area contributed by atoms with Gasteiger partial charge in [0.15, 0.2) is 0 Å². The Labute approximate surface area is 134 Å². The van der Waals surface area contributed by atoms with Crippen molar-refractivity contribution in [3.8, 4) is 0 Å². The number of nitro benzene ring substituents is 1. The van der Waals surface area contributed by atoms with Crippen molar-refractivity contribution < 1.29 is 18.5 Å². The monoisotopic (exact) mass is 341 g/mol. The molecule has 9 heteroatoms. The SMILES string of the molecule is O=C(CNc1ccc(Cl)c([N+](=O)[O-])c1)Nc1ccc(F)cc1F. The molecule has 0 bridgehead atoms. The van der Waals surface area contributed by atoms with Crippen LogP contribution in [-0.4, -0.2) is 17.4 Å². The normalized spacial score (nSPS) is 10.2. The minimum atomic E-state index is -0.902. The standard InChI is InChI=1S/C14H10ClF2N3O3/c15-10-3-2-9(6-13(10)20(22)23)18-7-14(21)19-12-4-1-8(16)5-11(12)17/h1-6,18H,7H2,(H,19,21). The maximum atomic E-state index is 13.4. The van der Waals surface area contributed by atoms with Gasteiger partial charge in [0.1, 0.15) is 16.7 Å². The van der Waals surface area contributed by atoms with Crippen molar-refractivity contribution in [2.75, 3.05) is 17.2 Å². The molecule has 120 valence electrons. The summed E-state index contributed by atoms with van der Waals surface area (Å²) < 4.78 is 26.2. The van der Waals surface area contributed by atoms with Crippen LogP contribution in [0.2, 0.25) is 5.02 Å². The van der Waals surface area contributed by atoms with Crippen molar-refractivity contribution in [3.05, 3.63) is 63.2 Å². The maximum absolute atomic E-state index is 13.4. The highest BCUT2D eigenvalue weighted by molar-refractivity contribution is 6.32. The number of carbonyl (C=O) groups is 1. The first-order chi connectivity index (χ1) is 10.9. The molecule has 0 aromatic heterocycles. The first kappa shape index (κ1) is 16.6. The molecule has 23 heavy (non-hydrogen) atoms. The summed E-state index contributed by atoms with van der Waals surface area (Å²) in [5.74, 6) is -2.26. The quantitative estimate of drug-likeness (QED) is 0.643. The summed E-state index contributed by atoms with van der Waals surface area (Å²) in [6.07, 6.45) is 0. The van der Waals surface area contributed by atoms with Crippen LogP contribution in [0.3, 0.4) is 0 Å². The number of nitro groups is 1. The van der Waals surface area contributed by atoms with E-state index >= 15 is 0 Å². The molecule has 2 aromatic rings. The number of benzene rings is 2. The Kier molecular flexibility index (Phi) is 5.07. The van der Waals surface area contributed by atoms with E-state index in [4.69, 9.17) is 11.6 Å². The van der Waals surface area contributed by atoms with Gasteiger partial charge in [0.2, 0.25) is 5.91 Å². The van der Waals surface area contributed by atoms with Crippen LogP contribution in [0, 0.1) is 21.7 Å². The van der Waals surface area contributed by atoms with Gasteiger partial charge in [-0.25, -0.2) is 8.78 Å². The van der Waals surface area contributed by atoms with E-state index in [9.17, 15) is 23.7 Å². The highest BCUT2D eigenvalue weighted by atomic mass is 35.5. The second-order valence-corrected chi connectivity index (χ2v) is 4.86. The summed E-state index contributed by atoms with van der Waals surface area (Å²) in [4.78, 5) is 21.8. The van der Waals surface area contributed by atoms with Gasteiger partial charge in [0, 0.05) is 17.8 Å². The van der Waals surface area contributed by atoms with E-state index in [1.54, 1.807) is 0 Å². The van der Waals surface area contributed by atoms with Crippen LogP contribution in [0.5, 0.6) is 0 Å². The molecular weight excluding hydrogens is 332 g/mol. The molecule has 0 fully saturated rings. The molecule has 0 unspecified atom stereocenters. The minimum Gasteiger partial charge on any atom is -0.376 e. The van der Waals surface area contributed by atoms with E-state index in [1.807, 2.05) is 0 Å². The molecule has 2 rings (SSSR count). The fourth-order valence-corrected chi connectivity index (χ4v) is 1.92. The summed E-state index contributed by atoms with van der Waals surface area (Å²) in [5.41, 5.74) is -0.169. The van der Waals surface area contributed by atoms with Gasteiger partial charge in [0.25, 0.3) is 5.69 Å². The van der Waals surface area contributed by atoms with Gasteiger partial charge < -0.3 is 10.6 Å². The van der Waals surface area contributed by atoms with Gasteiger partial charge in [0.05, 0.1) is 17.2 Å². The molecule has 0 aliphatic heterocycles. The summed E-state index contributed by atoms with van der Waals surface area (Å²) >= 11 is 5.67. The molecule has 0 radical (unpaired) electrons. The summed E-state index contributed by atoms with van der Waals surface area (Å²) in [5, 5.41) is 15.6. The number of nitrogens with zero attached hydrogens (tertiary/aromatic N) is 1. The van der Waals surface area contributed by atoms with Gasteiger partial charge in [-0.2, -0.15) is 0 Å². The third-order valence-electron chi connectivity index (χ3n) is 2.80. The summed E-state index contributed by atoms with van der Waals surface area (Å²) in [6.45, 7) is -0.268. The Morgan fingerprint density at radius 3 is 2.61 bits per heavy atom. The van der Waals surface area contributed by atoms with Crippen molar-refractivity contribution in [1.82, 2.24) is 0 Å². The fraction of sp³-hybridized carbons (Fsp3) is 0.0714. The second-order valence-electron chi connectivity index (χ2n) is 4.45. The zero-order chi connectivity index (χ0) is 17.0. The Morgan fingerprint density at radius 2 is 1.96 bits per heavy atom. The van der Waals surface area contributed by atoms with Crippen molar-refractivity contribution in [1.29, 1.82) is 0 Å². The molecular formula is C14H10ClF2N3O3. The number of amides is 1. The van der Waals surface area contributed by atoms with Gasteiger partial charge in [-0.1, -0.05) is 11.6 Å². The number of hydrogen-bond donors (Lipinski definition) is 2. The molecule has 0 aliphatic rings. The lowest BCUT2D eigenvalue weighted by Gasteiger charge is -2.09. The molecule has 0 saturated heterocycles. The minimum absolute atomic E-state index is 0.0293. The Balaban J connectivity index is 1.99. The number of anilines is 2. The maximum Gasteiger partial charge on any atom is 0.289 e. The number of carbonyl (C=O) groups excluding carboxylic acids is 1. The molecule has 0 spiro atoms. The topological polar surface area (TPSA) is 84.3 Å². The predicted molar refractivity (Wildman–Crippen MR) is 81.6 cm³/mol. The molecule has 0 heterocycles. The van der Waals surface area contributed by atoms with Crippen LogP contribution in [-0.2, 0) is 4.79 Å². The zero-order valence-electron chi connectivity index (χ0n) is 11.5. The second kappa shape index (κ2) is 7.01. The highest BCUT2D eigenvalue weighted by Crippen LogP contribution is 2.27. The Morgan fingerprint density at radius 1 is 1.22 bits per heavy atom. The summed E-state index contributed by atoms with van der Waals surface area (Å²) in [7, 11) is 0. The van der Waals surface area contributed by atoms with E-state index < -0.39 is 22.5 Å². The average molecular weight is 342 g/mol. The summed E-state index contributed by atoms with van der Waals surface area (Å²) in [6, 6.07) is 6.70. The molecule has 0 atom stereocenters. The molecule has 2 N–H and O–H groups in total. The lowest BCUT2D eigenvalue weighted by atomic mass is 10.2. The van der Waals surface area contributed by atoms with E-state index in [-0.39, 0.29) is 22.9 Å².